The third-order valence-corrected chi connectivity index (χ3v) is 8.55. The molecule has 3 fully saturated rings. The predicted octanol–water partition coefficient (Wildman–Crippen LogP) is 5.09. The fourth-order valence-corrected chi connectivity index (χ4v) is 6.19. The van der Waals surface area contributed by atoms with Crippen LogP contribution < -0.4 is 10.6 Å². The van der Waals surface area contributed by atoms with Crippen LogP contribution >= 0.6 is 0 Å². The van der Waals surface area contributed by atoms with E-state index in [1.165, 1.54) is 42.6 Å². The molecule has 9 heteroatoms. The van der Waals surface area contributed by atoms with Gasteiger partial charge in [0.1, 0.15) is 11.6 Å². The molecule has 9 nitrogen and oxygen atoms in total. The lowest BCUT2D eigenvalue weighted by Crippen LogP contribution is -2.28. The summed E-state index contributed by atoms with van der Waals surface area (Å²) in [6.45, 7) is 0. The number of anilines is 3. The minimum Gasteiger partial charge on any atom is -0.351 e. The fourth-order valence-electron chi connectivity index (χ4n) is 6.19. The molecular formula is C28H36N8O. The van der Waals surface area contributed by atoms with Gasteiger partial charge in [-0.2, -0.15) is 15.2 Å². The molecule has 4 aliphatic rings. The highest BCUT2D eigenvalue weighted by Crippen LogP contribution is 2.40. The van der Waals surface area contributed by atoms with Gasteiger partial charge in [-0.25, -0.2) is 4.98 Å². The van der Waals surface area contributed by atoms with Crippen LogP contribution in [-0.2, 0) is 17.6 Å². The van der Waals surface area contributed by atoms with Gasteiger partial charge < -0.3 is 10.6 Å². The highest BCUT2D eigenvalue weighted by atomic mass is 16.1. The lowest BCUT2D eigenvalue weighted by Gasteiger charge is -2.29. The van der Waals surface area contributed by atoms with Crippen molar-refractivity contribution in [2.75, 3.05) is 10.6 Å². The number of aromatic nitrogens is 6. The average Bonchev–Trinajstić information content (AvgIpc) is 3.80. The normalized spacial score (nSPS) is 25.1. The van der Waals surface area contributed by atoms with Crippen LogP contribution in [-0.4, -0.2) is 41.8 Å². The Morgan fingerprint density at radius 2 is 1.84 bits per heavy atom. The second-order valence-electron chi connectivity index (χ2n) is 11.8. The van der Waals surface area contributed by atoms with Crippen molar-refractivity contribution in [3.8, 4) is 0 Å². The Balaban J connectivity index is 0.848. The van der Waals surface area contributed by atoms with E-state index in [9.17, 15) is 4.79 Å². The molecule has 3 heterocycles. The van der Waals surface area contributed by atoms with E-state index in [1.807, 2.05) is 6.07 Å². The minimum absolute atomic E-state index is 0.349. The van der Waals surface area contributed by atoms with E-state index in [0.29, 0.717) is 48.0 Å². The number of nitrogens with zero attached hydrogens (tertiary/aromatic N) is 5. The summed E-state index contributed by atoms with van der Waals surface area (Å²) in [7, 11) is 0. The number of hydrogen-bond donors (Lipinski definition) is 3. The van der Waals surface area contributed by atoms with Crippen LogP contribution in [0.1, 0.15) is 93.1 Å². The van der Waals surface area contributed by atoms with Crippen LogP contribution in [0.3, 0.4) is 0 Å². The van der Waals surface area contributed by atoms with Gasteiger partial charge in [-0.15, -0.1) is 0 Å². The lowest BCUT2D eigenvalue weighted by atomic mass is 9.82. The summed E-state index contributed by atoms with van der Waals surface area (Å²) >= 11 is 0. The first-order valence-corrected chi connectivity index (χ1v) is 14.1. The number of aromatic amines is 1. The molecule has 194 valence electrons. The van der Waals surface area contributed by atoms with Gasteiger partial charge in [-0.3, -0.25) is 14.6 Å². The van der Waals surface area contributed by atoms with Gasteiger partial charge in [0.05, 0.1) is 11.7 Å². The Labute approximate surface area is 217 Å². The van der Waals surface area contributed by atoms with Crippen molar-refractivity contribution in [2.45, 2.75) is 95.1 Å². The van der Waals surface area contributed by atoms with Gasteiger partial charge in [0.25, 0.3) is 0 Å². The first-order valence-electron chi connectivity index (χ1n) is 14.1. The molecule has 0 aromatic carbocycles. The van der Waals surface area contributed by atoms with E-state index in [-0.39, 0.29) is 0 Å². The second-order valence-corrected chi connectivity index (χ2v) is 11.8. The van der Waals surface area contributed by atoms with Gasteiger partial charge in [0, 0.05) is 49.0 Å². The summed E-state index contributed by atoms with van der Waals surface area (Å²) in [6.07, 6.45) is 16.7. The monoisotopic (exact) mass is 500 g/mol. The quantitative estimate of drug-likeness (QED) is 0.355. The van der Waals surface area contributed by atoms with Gasteiger partial charge in [-0.05, 0) is 87.7 Å². The van der Waals surface area contributed by atoms with Gasteiger partial charge in [0.15, 0.2) is 5.82 Å². The van der Waals surface area contributed by atoms with Crippen molar-refractivity contribution in [3.05, 3.63) is 41.5 Å². The smallest absolute Gasteiger partial charge is 0.224 e. The Morgan fingerprint density at radius 3 is 2.62 bits per heavy atom. The first kappa shape index (κ1) is 22.9. The summed E-state index contributed by atoms with van der Waals surface area (Å²) < 4.78 is 2.16. The molecule has 4 aliphatic carbocycles. The maximum Gasteiger partial charge on any atom is 0.224 e. The molecule has 0 aliphatic heterocycles. The lowest BCUT2D eigenvalue weighted by molar-refractivity contribution is -0.121. The van der Waals surface area contributed by atoms with Crippen LogP contribution in [0.25, 0.3) is 0 Å². The summed E-state index contributed by atoms with van der Waals surface area (Å²) in [5, 5.41) is 19.0. The molecule has 37 heavy (non-hydrogen) atoms. The number of rotatable bonds is 10. The molecule has 0 bridgehead atoms. The minimum atomic E-state index is 0.349. The third-order valence-electron chi connectivity index (χ3n) is 8.55. The van der Waals surface area contributed by atoms with Crippen LogP contribution in [0, 0.1) is 11.8 Å². The molecule has 7 rings (SSSR count). The van der Waals surface area contributed by atoms with E-state index in [0.717, 1.165) is 56.6 Å². The maximum atomic E-state index is 12.9. The predicted molar refractivity (Wildman–Crippen MR) is 141 cm³/mol. The largest absolute Gasteiger partial charge is 0.351 e. The number of Topliss-reactive ketones (excluding diaryl/α,β-unsaturated/α-hetero) is 1. The van der Waals surface area contributed by atoms with Crippen LogP contribution in [0.2, 0.25) is 0 Å². The maximum absolute atomic E-state index is 12.9. The molecular weight excluding hydrogens is 464 g/mol. The molecule has 0 amide bonds. The highest BCUT2D eigenvalue weighted by Gasteiger charge is 2.32. The molecule has 3 aromatic rings. The standard InChI is InChI=1S/C28H36N8O/c37-23(13-18-11-20-16-36(22-7-8-22)35-25(20)14-18)12-17-1-5-21(6-2-17)30-28-29-10-9-26(32-28)31-27-15-24(33-34-27)19-3-4-19/h9-10,15-19,21-22H,1-8,11-14H2,(H3,29,30,31,32,33,34). The summed E-state index contributed by atoms with van der Waals surface area (Å²) in [5.41, 5.74) is 3.82. The number of carbonyl (C=O) groups is 1. The number of carbonyl (C=O) groups excluding carboxylic acids is 1. The van der Waals surface area contributed by atoms with E-state index in [1.54, 1.807) is 6.20 Å². The van der Waals surface area contributed by atoms with Crippen molar-refractivity contribution in [3.63, 3.8) is 0 Å². The SMILES string of the molecule is O=C(CC1CCC(Nc2nccc(Nc3cc(C4CC4)[nH]n3)n2)CC1)CC1Cc2cn(C3CC3)nc2C1. The fraction of sp³-hybridized carbons (Fsp3) is 0.607. The van der Waals surface area contributed by atoms with Crippen LogP contribution in [0.5, 0.6) is 0 Å². The molecule has 3 N–H and O–H groups in total. The number of fused-ring (bicyclic) bond motifs is 1. The Hall–Kier alpha value is -3.23. The molecule has 3 aromatic heterocycles. The highest BCUT2D eigenvalue weighted by molar-refractivity contribution is 5.79. The molecule has 1 atom stereocenters. The summed E-state index contributed by atoms with van der Waals surface area (Å²) in [6, 6.07) is 4.93. The summed E-state index contributed by atoms with van der Waals surface area (Å²) in [5.74, 6) is 4.22. The van der Waals surface area contributed by atoms with Gasteiger partial charge in [0.2, 0.25) is 5.95 Å². The molecule has 0 saturated heterocycles. The zero-order chi connectivity index (χ0) is 24.8. The zero-order valence-corrected chi connectivity index (χ0v) is 21.3. The Kier molecular flexibility index (Phi) is 5.93. The molecule has 3 saturated carbocycles. The van der Waals surface area contributed by atoms with Crippen LogP contribution in [0.15, 0.2) is 24.5 Å². The van der Waals surface area contributed by atoms with Crippen molar-refractivity contribution < 1.29 is 4.79 Å². The second kappa shape index (κ2) is 9.58. The number of ketones is 1. The van der Waals surface area contributed by atoms with Gasteiger partial charge in [-0.1, -0.05) is 0 Å². The van der Waals surface area contributed by atoms with E-state index in [4.69, 9.17) is 5.10 Å². The zero-order valence-electron chi connectivity index (χ0n) is 21.3. The Bertz CT molecular complexity index is 1240. The summed E-state index contributed by atoms with van der Waals surface area (Å²) in [4.78, 5) is 21.9. The van der Waals surface area contributed by atoms with Crippen molar-refractivity contribution in [2.24, 2.45) is 11.8 Å². The van der Waals surface area contributed by atoms with E-state index in [2.05, 4.69) is 47.7 Å². The molecule has 1 unspecified atom stereocenters. The van der Waals surface area contributed by atoms with Crippen molar-refractivity contribution >= 4 is 23.4 Å². The van der Waals surface area contributed by atoms with Crippen molar-refractivity contribution in [1.82, 2.24) is 29.9 Å². The van der Waals surface area contributed by atoms with Crippen molar-refractivity contribution in [1.29, 1.82) is 0 Å². The number of nitrogens with one attached hydrogen (secondary N) is 3. The van der Waals surface area contributed by atoms with E-state index < -0.39 is 0 Å². The molecule has 0 radical (unpaired) electrons. The third kappa shape index (κ3) is 5.40. The Morgan fingerprint density at radius 1 is 1.00 bits per heavy atom. The first-order chi connectivity index (χ1) is 18.1. The van der Waals surface area contributed by atoms with E-state index >= 15 is 0 Å². The topological polar surface area (TPSA) is 113 Å². The van der Waals surface area contributed by atoms with Gasteiger partial charge >= 0.3 is 0 Å². The number of hydrogen-bond acceptors (Lipinski definition) is 7. The average molecular weight is 501 g/mol. The number of H-pyrrole nitrogens is 1. The molecule has 0 spiro atoms. The van der Waals surface area contributed by atoms with Crippen LogP contribution in [0.4, 0.5) is 17.6 Å².